The molecule has 7 heavy (non-hydrogen) atoms. The van der Waals surface area contributed by atoms with Crippen LogP contribution in [0.4, 0.5) is 4.39 Å². The number of halogens is 1. The maximum atomic E-state index is 11.3. The van der Waals surface area contributed by atoms with Gasteiger partial charge in [0.25, 0.3) is 0 Å². The Morgan fingerprint density at radius 3 is 2.00 bits per heavy atom. The van der Waals surface area contributed by atoms with Crippen molar-refractivity contribution in [1.29, 1.82) is 0 Å². The van der Waals surface area contributed by atoms with Crippen LogP contribution >= 0.6 is 7.72 Å². The van der Waals surface area contributed by atoms with E-state index >= 15 is 0 Å². The molecule has 0 fully saturated rings. The van der Waals surface area contributed by atoms with E-state index in [1.807, 2.05) is 0 Å². The molecule has 0 saturated carbocycles. The van der Waals surface area contributed by atoms with Crippen molar-refractivity contribution in [1.82, 2.24) is 0 Å². The zero-order valence-electron chi connectivity index (χ0n) is 4.19. The summed E-state index contributed by atoms with van der Waals surface area (Å²) in [6.07, 6.45) is -0.785. The van der Waals surface area contributed by atoms with Crippen molar-refractivity contribution in [2.24, 2.45) is 0 Å². The number of hydrogen-bond acceptors (Lipinski definition) is 2. The molecule has 4 heteroatoms. The molecule has 2 nitrogen and oxygen atoms in total. The van der Waals surface area contributed by atoms with Crippen LogP contribution in [-0.2, 0) is 0 Å². The molecule has 0 unspecified atom stereocenters. The third kappa shape index (κ3) is 2.92. The van der Waals surface area contributed by atoms with Crippen molar-refractivity contribution in [2.75, 3.05) is 12.6 Å². The van der Waals surface area contributed by atoms with E-state index in [1.54, 1.807) is 6.92 Å². The second-order valence-corrected chi connectivity index (χ2v) is 4.41. The summed E-state index contributed by atoms with van der Waals surface area (Å²) in [5.74, 6) is 0. The second kappa shape index (κ2) is 2.55. The van der Waals surface area contributed by atoms with Crippen LogP contribution in [0.2, 0.25) is 0 Å². The van der Waals surface area contributed by atoms with Crippen molar-refractivity contribution in [2.45, 2.75) is 6.92 Å². The first-order valence-corrected chi connectivity index (χ1v) is 4.44. The molecular formula is C3H10FO2P. The quantitative estimate of drug-likeness (QED) is 0.531. The third-order valence-corrected chi connectivity index (χ3v) is 2.34. The van der Waals surface area contributed by atoms with Gasteiger partial charge in [-0.1, -0.05) is 0 Å². The van der Waals surface area contributed by atoms with Crippen molar-refractivity contribution in [3.05, 3.63) is 0 Å². The van der Waals surface area contributed by atoms with E-state index in [0.717, 1.165) is 0 Å². The van der Waals surface area contributed by atoms with Crippen molar-refractivity contribution in [3.8, 4) is 0 Å². The van der Waals surface area contributed by atoms with Gasteiger partial charge in [0.05, 0.1) is 0 Å². The maximum absolute atomic E-state index is 11.3. The monoisotopic (exact) mass is 128 g/mol. The Labute approximate surface area is 42.5 Å². The second-order valence-electron chi connectivity index (χ2n) is 1.47. The Kier molecular flexibility index (Phi) is 2.66. The van der Waals surface area contributed by atoms with E-state index in [2.05, 4.69) is 0 Å². The van der Waals surface area contributed by atoms with E-state index in [1.165, 1.54) is 0 Å². The normalized spacial score (nSPS) is 14.3. The molecule has 0 aliphatic rings. The van der Waals surface area contributed by atoms with E-state index < -0.39 is 14.1 Å². The van der Waals surface area contributed by atoms with Crippen LogP contribution in [0.15, 0.2) is 0 Å². The molecule has 0 atom stereocenters. The summed E-state index contributed by atoms with van der Waals surface area (Å²) in [5, 5.41) is 0. The Hall–Kier alpha value is 0.280. The fourth-order valence-electron chi connectivity index (χ4n) is 0.0945. The molecule has 0 radical (unpaired) electrons. The molecule has 46 valence electrons. The summed E-state index contributed by atoms with van der Waals surface area (Å²) < 4.78 is 11.3. The summed E-state index contributed by atoms with van der Waals surface area (Å²) in [5.41, 5.74) is 0. The molecule has 0 aliphatic carbocycles. The third-order valence-electron chi connectivity index (χ3n) is 0.780. The Morgan fingerprint density at radius 1 is 1.57 bits per heavy atom. The SMILES string of the molecule is CC[PH](O)(O)CF. The Morgan fingerprint density at radius 2 is 2.00 bits per heavy atom. The summed E-state index contributed by atoms with van der Waals surface area (Å²) in [6.45, 7) is 1.56. The molecule has 2 N–H and O–H groups in total. The average molecular weight is 128 g/mol. The molecule has 0 bridgehead atoms. The van der Waals surface area contributed by atoms with Gasteiger partial charge in [-0.15, -0.1) is 0 Å². The molecule has 0 aromatic rings. The van der Waals surface area contributed by atoms with Gasteiger partial charge in [-0.2, -0.15) is 0 Å². The van der Waals surface area contributed by atoms with Crippen molar-refractivity contribution in [3.63, 3.8) is 0 Å². The summed E-state index contributed by atoms with van der Waals surface area (Å²) in [4.78, 5) is 16.9. The van der Waals surface area contributed by atoms with Gasteiger partial charge in [-0.25, -0.2) is 0 Å². The molecule has 0 aromatic carbocycles. The fourth-order valence-corrected chi connectivity index (χ4v) is 0.283. The summed E-state index contributed by atoms with van der Waals surface area (Å²) in [7, 11) is -3.32. The molecule has 0 aliphatic heterocycles. The van der Waals surface area contributed by atoms with Gasteiger partial charge in [0, 0.05) is 0 Å². The topological polar surface area (TPSA) is 40.5 Å². The molecule has 0 rings (SSSR count). The zero-order valence-corrected chi connectivity index (χ0v) is 5.19. The van der Waals surface area contributed by atoms with E-state index in [-0.39, 0.29) is 6.16 Å². The number of alkyl halides is 1. The van der Waals surface area contributed by atoms with Gasteiger partial charge >= 0.3 is 41.4 Å². The van der Waals surface area contributed by atoms with Crippen LogP contribution in [-0.4, -0.2) is 22.4 Å². The van der Waals surface area contributed by atoms with Crippen LogP contribution in [0.25, 0.3) is 0 Å². The number of hydrogen-bond donors (Lipinski definition) is 2. The van der Waals surface area contributed by atoms with Crippen molar-refractivity contribution >= 4 is 7.72 Å². The molecule has 0 heterocycles. The first-order chi connectivity index (χ1) is 3.12. The minimum absolute atomic E-state index is 0.170. The molecule has 0 amide bonds. The molecular weight excluding hydrogens is 118 g/mol. The van der Waals surface area contributed by atoms with Gasteiger partial charge in [0.15, 0.2) is 0 Å². The summed E-state index contributed by atoms with van der Waals surface area (Å²) in [6, 6.07) is 0. The summed E-state index contributed by atoms with van der Waals surface area (Å²) >= 11 is 0. The van der Waals surface area contributed by atoms with Crippen LogP contribution in [0.1, 0.15) is 6.92 Å². The van der Waals surface area contributed by atoms with Crippen LogP contribution in [0, 0.1) is 0 Å². The average Bonchev–Trinajstić information content (AvgIpc) is 1.68. The van der Waals surface area contributed by atoms with Crippen LogP contribution < -0.4 is 0 Å². The number of rotatable bonds is 2. The van der Waals surface area contributed by atoms with Gasteiger partial charge < -0.3 is 0 Å². The van der Waals surface area contributed by atoms with E-state index in [4.69, 9.17) is 9.79 Å². The standard InChI is InChI=1S/C3H10FO2P/c1-2-7(5,6)3-4/h5-7H,2-3H2,1H3. The molecule has 0 saturated heterocycles. The minimum atomic E-state index is -3.32. The predicted molar refractivity (Wildman–Crippen MR) is 29.3 cm³/mol. The van der Waals surface area contributed by atoms with Gasteiger partial charge in [-0.3, -0.25) is 0 Å². The molecule has 0 aromatic heterocycles. The van der Waals surface area contributed by atoms with Crippen molar-refractivity contribution < 1.29 is 14.2 Å². The Balaban J connectivity index is 3.36. The Bertz CT molecular complexity index is 50.9. The zero-order chi connectivity index (χ0) is 5.91. The van der Waals surface area contributed by atoms with E-state index in [9.17, 15) is 4.39 Å². The fraction of sp³-hybridized carbons (Fsp3) is 1.00. The molecule has 0 spiro atoms. The van der Waals surface area contributed by atoms with Gasteiger partial charge in [-0.05, 0) is 0 Å². The van der Waals surface area contributed by atoms with Gasteiger partial charge in [0.2, 0.25) is 0 Å². The van der Waals surface area contributed by atoms with Crippen LogP contribution in [0.3, 0.4) is 0 Å². The first-order valence-electron chi connectivity index (χ1n) is 2.13. The first kappa shape index (κ1) is 7.28. The van der Waals surface area contributed by atoms with E-state index in [0.29, 0.717) is 0 Å². The predicted octanol–water partition coefficient (Wildman–Crippen LogP) is 0.498. The van der Waals surface area contributed by atoms with Crippen LogP contribution in [0.5, 0.6) is 0 Å². The van der Waals surface area contributed by atoms with Gasteiger partial charge in [0.1, 0.15) is 0 Å².